The molecule has 0 spiro atoms. The lowest BCUT2D eigenvalue weighted by Crippen LogP contribution is -2.42. The number of hydrogen-bond acceptors (Lipinski definition) is 3. The number of nitrogens with zero attached hydrogens (tertiary/aromatic N) is 1. The number of nitrogens with one attached hydrogen (secondary N) is 1. The van der Waals surface area contributed by atoms with Crippen LogP contribution in [-0.2, 0) is 6.42 Å². The maximum atomic E-state index is 12.9. The van der Waals surface area contributed by atoms with Crippen molar-refractivity contribution in [3.8, 4) is 0 Å². The van der Waals surface area contributed by atoms with Crippen LogP contribution in [0.5, 0.6) is 0 Å². The van der Waals surface area contributed by atoms with Crippen LogP contribution in [0.15, 0.2) is 11.7 Å². The number of hydrogen-bond donors (Lipinski definition) is 1. The van der Waals surface area contributed by atoms with E-state index in [0.29, 0.717) is 12.8 Å². The second-order valence-corrected chi connectivity index (χ2v) is 6.47. The summed E-state index contributed by atoms with van der Waals surface area (Å²) in [6, 6.07) is 0.130. The van der Waals surface area contributed by atoms with Gasteiger partial charge in [0.2, 0.25) is 0 Å². The van der Waals surface area contributed by atoms with E-state index in [4.69, 9.17) is 0 Å². The SMILES string of the molecule is CCNC(Cc1cncs1)C1CCCC(C(F)(F)F)C1. The van der Waals surface area contributed by atoms with E-state index >= 15 is 0 Å². The second-order valence-electron chi connectivity index (χ2n) is 5.50. The minimum atomic E-state index is -4.04. The molecule has 1 fully saturated rings. The summed E-state index contributed by atoms with van der Waals surface area (Å²) in [5, 5.41) is 3.37. The Balaban J connectivity index is 2.01. The Morgan fingerprint density at radius 2 is 2.25 bits per heavy atom. The fraction of sp³-hybridized carbons (Fsp3) is 0.786. The Morgan fingerprint density at radius 3 is 2.85 bits per heavy atom. The van der Waals surface area contributed by atoms with Crippen molar-refractivity contribution in [2.75, 3.05) is 6.54 Å². The molecule has 1 N–H and O–H groups in total. The zero-order valence-corrected chi connectivity index (χ0v) is 12.4. The quantitative estimate of drug-likeness (QED) is 0.888. The minimum absolute atomic E-state index is 0.109. The number of likely N-dealkylation sites (N-methyl/N-ethyl adjacent to an activating group) is 1. The third-order valence-corrected chi connectivity index (χ3v) is 4.92. The number of aromatic nitrogens is 1. The molecule has 0 saturated heterocycles. The molecule has 20 heavy (non-hydrogen) atoms. The summed E-state index contributed by atoms with van der Waals surface area (Å²) in [6.07, 6.45) is 0.689. The highest BCUT2D eigenvalue weighted by Gasteiger charge is 2.43. The summed E-state index contributed by atoms with van der Waals surface area (Å²) in [6.45, 7) is 2.79. The van der Waals surface area contributed by atoms with Crippen molar-refractivity contribution in [2.45, 2.75) is 51.2 Å². The van der Waals surface area contributed by atoms with Gasteiger partial charge in [0, 0.05) is 17.1 Å². The molecule has 1 aliphatic carbocycles. The summed E-state index contributed by atoms with van der Waals surface area (Å²) in [7, 11) is 0. The van der Waals surface area contributed by atoms with Crippen LogP contribution >= 0.6 is 11.3 Å². The minimum Gasteiger partial charge on any atom is -0.314 e. The van der Waals surface area contributed by atoms with Gasteiger partial charge in [-0.05, 0) is 38.1 Å². The molecule has 0 aliphatic heterocycles. The fourth-order valence-electron chi connectivity index (χ4n) is 3.12. The molecule has 1 aliphatic rings. The van der Waals surface area contributed by atoms with Crippen LogP contribution in [0.2, 0.25) is 0 Å². The predicted octanol–water partition coefficient (Wildman–Crippen LogP) is 4.03. The zero-order valence-electron chi connectivity index (χ0n) is 11.6. The Kier molecular flexibility index (Phi) is 5.43. The standard InChI is InChI=1S/C14H21F3N2S/c1-2-19-13(7-12-8-18-9-20-12)10-4-3-5-11(6-10)14(15,16)17/h8-11,13,19H,2-7H2,1H3. The first-order valence-corrected chi connectivity index (χ1v) is 8.06. The van der Waals surface area contributed by atoms with Crippen molar-refractivity contribution in [1.82, 2.24) is 10.3 Å². The van der Waals surface area contributed by atoms with Crippen molar-refractivity contribution in [1.29, 1.82) is 0 Å². The molecule has 0 amide bonds. The van der Waals surface area contributed by atoms with Gasteiger partial charge in [0.15, 0.2) is 0 Å². The van der Waals surface area contributed by atoms with E-state index in [1.807, 2.05) is 13.1 Å². The molecule has 0 bridgehead atoms. The Hall–Kier alpha value is -0.620. The molecule has 0 aromatic carbocycles. The molecule has 0 radical (unpaired) electrons. The van der Waals surface area contributed by atoms with Crippen molar-refractivity contribution >= 4 is 11.3 Å². The van der Waals surface area contributed by atoms with Crippen molar-refractivity contribution in [2.24, 2.45) is 11.8 Å². The smallest absolute Gasteiger partial charge is 0.314 e. The fourth-order valence-corrected chi connectivity index (χ4v) is 3.77. The highest BCUT2D eigenvalue weighted by molar-refractivity contribution is 7.09. The maximum Gasteiger partial charge on any atom is 0.391 e. The third-order valence-electron chi connectivity index (χ3n) is 4.12. The van der Waals surface area contributed by atoms with Crippen LogP contribution < -0.4 is 5.32 Å². The van der Waals surface area contributed by atoms with Crippen molar-refractivity contribution < 1.29 is 13.2 Å². The Morgan fingerprint density at radius 1 is 1.45 bits per heavy atom. The molecule has 1 aromatic heterocycles. The first-order valence-electron chi connectivity index (χ1n) is 7.18. The van der Waals surface area contributed by atoms with Gasteiger partial charge in [-0.1, -0.05) is 13.3 Å². The number of alkyl halides is 3. The van der Waals surface area contributed by atoms with Gasteiger partial charge in [0.25, 0.3) is 0 Å². The first-order chi connectivity index (χ1) is 9.50. The topological polar surface area (TPSA) is 24.9 Å². The molecule has 1 aromatic rings. The molecule has 114 valence electrons. The van der Waals surface area contributed by atoms with E-state index in [1.165, 1.54) is 0 Å². The van der Waals surface area contributed by atoms with Crippen LogP contribution in [0.3, 0.4) is 0 Å². The Labute approximate surface area is 121 Å². The van der Waals surface area contributed by atoms with E-state index < -0.39 is 12.1 Å². The zero-order chi connectivity index (χ0) is 14.6. The van der Waals surface area contributed by atoms with Crippen LogP contribution in [-0.4, -0.2) is 23.7 Å². The number of halogens is 3. The van der Waals surface area contributed by atoms with Gasteiger partial charge >= 0.3 is 6.18 Å². The Bertz CT molecular complexity index is 392. The highest BCUT2D eigenvalue weighted by atomic mass is 32.1. The van der Waals surface area contributed by atoms with Crippen LogP contribution in [0.1, 0.15) is 37.5 Å². The van der Waals surface area contributed by atoms with E-state index in [0.717, 1.165) is 24.3 Å². The molecule has 3 unspecified atom stereocenters. The van der Waals surface area contributed by atoms with Crippen LogP contribution in [0, 0.1) is 11.8 Å². The van der Waals surface area contributed by atoms with E-state index in [1.54, 1.807) is 16.8 Å². The van der Waals surface area contributed by atoms with Crippen molar-refractivity contribution in [3.63, 3.8) is 0 Å². The summed E-state index contributed by atoms with van der Waals surface area (Å²) >= 11 is 1.57. The third kappa shape index (κ3) is 4.19. The van der Waals surface area contributed by atoms with Gasteiger partial charge < -0.3 is 5.32 Å². The molecule has 3 atom stereocenters. The molecule has 2 nitrogen and oxygen atoms in total. The summed E-state index contributed by atoms with van der Waals surface area (Å²) in [5.74, 6) is -1.01. The lowest BCUT2D eigenvalue weighted by Gasteiger charge is -2.35. The lowest BCUT2D eigenvalue weighted by atomic mass is 9.76. The maximum absolute atomic E-state index is 12.9. The summed E-state index contributed by atoms with van der Waals surface area (Å²) in [4.78, 5) is 5.19. The number of rotatable bonds is 5. The predicted molar refractivity (Wildman–Crippen MR) is 74.8 cm³/mol. The van der Waals surface area contributed by atoms with E-state index in [9.17, 15) is 13.2 Å². The molecule has 6 heteroatoms. The van der Waals surface area contributed by atoms with Gasteiger partial charge in [-0.3, -0.25) is 4.98 Å². The highest BCUT2D eigenvalue weighted by Crippen LogP contribution is 2.41. The van der Waals surface area contributed by atoms with Crippen molar-refractivity contribution in [3.05, 3.63) is 16.6 Å². The largest absolute Gasteiger partial charge is 0.391 e. The van der Waals surface area contributed by atoms with Crippen LogP contribution in [0.25, 0.3) is 0 Å². The molecular weight excluding hydrogens is 285 g/mol. The second kappa shape index (κ2) is 6.89. The molecule has 1 saturated carbocycles. The lowest BCUT2D eigenvalue weighted by molar-refractivity contribution is -0.186. The van der Waals surface area contributed by atoms with Gasteiger partial charge in [0.05, 0.1) is 11.4 Å². The molecule has 2 rings (SSSR count). The monoisotopic (exact) mass is 306 g/mol. The van der Waals surface area contributed by atoms with Gasteiger partial charge in [-0.2, -0.15) is 13.2 Å². The normalized spacial score (nSPS) is 25.6. The average Bonchev–Trinajstić information content (AvgIpc) is 2.90. The number of thiazole rings is 1. The molecular formula is C14H21F3N2S. The average molecular weight is 306 g/mol. The van der Waals surface area contributed by atoms with E-state index in [2.05, 4.69) is 10.3 Å². The van der Waals surface area contributed by atoms with Gasteiger partial charge in [-0.25, -0.2) is 0 Å². The first kappa shape index (κ1) is 15.8. The summed E-state index contributed by atoms with van der Waals surface area (Å²) in [5.41, 5.74) is 1.78. The molecule has 1 heterocycles. The van der Waals surface area contributed by atoms with Crippen LogP contribution in [0.4, 0.5) is 13.2 Å². The van der Waals surface area contributed by atoms with Gasteiger partial charge in [-0.15, -0.1) is 11.3 Å². The summed E-state index contributed by atoms with van der Waals surface area (Å²) < 4.78 is 38.7. The van der Waals surface area contributed by atoms with E-state index in [-0.39, 0.29) is 18.4 Å². The van der Waals surface area contributed by atoms with Gasteiger partial charge in [0.1, 0.15) is 0 Å².